The largest absolute Gasteiger partial charge is 0.444 e. The quantitative estimate of drug-likeness (QED) is 0.501. The zero-order valence-electron chi connectivity index (χ0n) is 12.2. The molecule has 0 heterocycles. The normalized spacial score (nSPS) is 10.5. The highest BCUT2D eigenvalue weighted by Gasteiger charge is 2.15. The van der Waals surface area contributed by atoms with Crippen LogP contribution in [0.5, 0.6) is 0 Å². The van der Waals surface area contributed by atoms with Crippen molar-refractivity contribution < 1.29 is 18.3 Å². The Hall–Kier alpha value is -2.29. The van der Waals surface area contributed by atoms with Gasteiger partial charge in [-0.1, -0.05) is 11.8 Å². The Bertz CT molecular complexity index is 561. The number of halogens is 2. The Morgan fingerprint density at radius 1 is 1.33 bits per heavy atom. The molecule has 0 saturated carbocycles. The molecule has 1 amide bonds. The SMILES string of the molecule is CC(C)(C)OC(=O)NCCC#Cc1c(F)cc(N)cc1F. The summed E-state index contributed by atoms with van der Waals surface area (Å²) in [6.07, 6.45) is -0.322. The molecule has 1 aromatic carbocycles. The van der Waals surface area contributed by atoms with E-state index in [-0.39, 0.29) is 24.2 Å². The Balaban J connectivity index is 2.50. The molecule has 1 aromatic rings. The van der Waals surface area contributed by atoms with Gasteiger partial charge in [-0.25, -0.2) is 13.6 Å². The zero-order valence-corrected chi connectivity index (χ0v) is 12.2. The molecule has 21 heavy (non-hydrogen) atoms. The molecule has 0 fully saturated rings. The molecule has 114 valence electrons. The van der Waals surface area contributed by atoms with Crippen LogP contribution in [0, 0.1) is 23.5 Å². The van der Waals surface area contributed by atoms with Crippen LogP contribution in [0.15, 0.2) is 12.1 Å². The van der Waals surface area contributed by atoms with E-state index in [4.69, 9.17) is 10.5 Å². The van der Waals surface area contributed by atoms with E-state index in [1.54, 1.807) is 20.8 Å². The number of carbonyl (C=O) groups is 1. The summed E-state index contributed by atoms with van der Waals surface area (Å²) in [5.74, 6) is 3.35. The lowest BCUT2D eigenvalue weighted by Gasteiger charge is -2.19. The number of nitrogens with two attached hydrogens (primary N) is 1. The van der Waals surface area contributed by atoms with E-state index in [1.165, 1.54) is 0 Å². The highest BCUT2D eigenvalue weighted by molar-refractivity contribution is 5.67. The van der Waals surface area contributed by atoms with Gasteiger partial charge in [-0.3, -0.25) is 0 Å². The number of amides is 1. The van der Waals surface area contributed by atoms with E-state index in [9.17, 15) is 13.6 Å². The van der Waals surface area contributed by atoms with Crippen LogP contribution in [0.4, 0.5) is 19.3 Å². The minimum Gasteiger partial charge on any atom is -0.444 e. The van der Waals surface area contributed by atoms with Crippen LogP contribution in [0.25, 0.3) is 0 Å². The van der Waals surface area contributed by atoms with Gasteiger partial charge < -0.3 is 15.8 Å². The minimum absolute atomic E-state index is 0.00198. The van der Waals surface area contributed by atoms with Gasteiger partial charge in [0.2, 0.25) is 0 Å². The van der Waals surface area contributed by atoms with Gasteiger partial charge in [0.1, 0.15) is 17.2 Å². The third-order valence-corrected chi connectivity index (χ3v) is 2.20. The van der Waals surface area contributed by atoms with Crippen LogP contribution in [0.2, 0.25) is 0 Å². The highest BCUT2D eigenvalue weighted by atomic mass is 19.1. The number of carbonyl (C=O) groups excluding carboxylic acids is 1. The minimum atomic E-state index is -0.805. The van der Waals surface area contributed by atoms with Crippen molar-refractivity contribution in [3.63, 3.8) is 0 Å². The van der Waals surface area contributed by atoms with E-state index in [2.05, 4.69) is 17.2 Å². The molecule has 4 nitrogen and oxygen atoms in total. The maximum Gasteiger partial charge on any atom is 0.407 e. The third-order valence-electron chi connectivity index (χ3n) is 2.20. The number of rotatable bonds is 2. The topological polar surface area (TPSA) is 64.3 Å². The second kappa shape index (κ2) is 6.93. The molecule has 0 atom stereocenters. The summed E-state index contributed by atoms with van der Waals surface area (Å²) < 4.78 is 31.9. The summed E-state index contributed by atoms with van der Waals surface area (Å²) in [6, 6.07) is 2.01. The first-order valence-corrected chi connectivity index (χ1v) is 6.39. The molecular weight excluding hydrogens is 278 g/mol. The van der Waals surface area contributed by atoms with Crippen LogP contribution in [-0.4, -0.2) is 18.2 Å². The highest BCUT2D eigenvalue weighted by Crippen LogP contribution is 2.15. The smallest absolute Gasteiger partial charge is 0.407 e. The van der Waals surface area contributed by atoms with E-state index >= 15 is 0 Å². The summed E-state index contributed by atoms with van der Waals surface area (Å²) in [5, 5.41) is 2.49. The van der Waals surface area contributed by atoms with Crippen molar-refractivity contribution >= 4 is 11.8 Å². The maximum atomic E-state index is 13.4. The maximum absolute atomic E-state index is 13.4. The molecule has 0 radical (unpaired) electrons. The van der Waals surface area contributed by atoms with E-state index < -0.39 is 23.3 Å². The van der Waals surface area contributed by atoms with Crippen molar-refractivity contribution in [1.82, 2.24) is 5.32 Å². The molecule has 0 aliphatic carbocycles. The fraction of sp³-hybridized carbons (Fsp3) is 0.400. The third kappa shape index (κ3) is 6.13. The monoisotopic (exact) mass is 296 g/mol. The average Bonchev–Trinajstić information content (AvgIpc) is 2.29. The first-order chi connectivity index (χ1) is 9.69. The standard InChI is InChI=1S/C15H18F2N2O2/c1-15(2,3)21-14(20)19-7-5-4-6-11-12(16)8-10(18)9-13(11)17/h8-9H,5,7,18H2,1-3H3,(H,19,20). The van der Waals surface area contributed by atoms with Crippen molar-refractivity contribution in [2.24, 2.45) is 0 Å². The Kier molecular flexibility index (Phi) is 5.53. The van der Waals surface area contributed by atoms with Gasteiger partial charge in [0.15, 0.2) is 0 Å². The van der Waals surface area contributed by atoms with Crippen LogP contribution < -0.4 is 11.1 Å². The van der Waals surface area contributed by atoms with Crippen LogP contribution in [-0.2, 0) is 4.74 Å². The van der Waals surface area contributed by atoms with Crippen molar-refractivity contribution in [2.45, 2.75) is 32.8 Å². The predicted octanol–water partition coefficient (Wildman–Crippen LogP) is 2.81. The van der Waals surface area contributed by atoms with Crippen LogP contribution >= 0.6 is 0 Å². The second-order valence-corrected chi connectivity index (χ2v) is 5.34. The summed E-state index contributed by atoms with van der Waals surface area (Å²) in [5.41, 5.74) is 4.39. The zero-order chi connectivity index (χ0) is 16.0. The Labute approximate surface area is 122 Å². The van der Waals surface area contributed by atoms with Gasteiger partial charge in [0.25, 0.3) is 0 Å². The number of hydrogen-bond acceptors (Lipinski definition) is 3. The van der Waals surface area contributed by atoms with E-state index in [0.717, 1.165) is 12.1 Å². The fourth-order valence-electron chi connectivity index (χ4n) is 1.40. The lowest BCUT2D eigenvalue weighted by atomic mass is 10.2. The molecular formula is C15H18F2N2O2. The number of hydrogen-bond donors (Lipinski definition) is 2. The lowest BCUT2D eigenvalue weighted by Crippen LogP contribution is -2.32. The Morgan fingerprint density at radius 3 is 2.43 bits per heavy atom. The fourth-order valence-corrected chi connectivity index (χ4v) is 1.40. The molecule has 1 rings (SSSR count). The lowest BCUT2D eigenvalue weighted by molar-refractivity contribution is 0.0529. The number of anilines is 1. The van der Waals surface area contributed by atoms with Gasteiger partial charge in [0, 0.05) is 18.7 Å². The van der Waals surface area contributed by atoms with Gasteiger partial charge >= 0.3 is 6.09 Å². The predicted molar refractivity (Wildman–Crippen MR) is 76.5 cm³/mol. The van der Waals surface area contributed by atoms with E-state index in [1.807, 2.05) is 0 Å². The van der Waals surface area contributed by atoms with Crippen LogP contribution in [0.3, 0.4) is 0 Å². The van der Waals surface area contributed by atoms with Crippen molar-refractivity contribution in [2.75, 3.05) is 12.3 Å². The number of nitrogens with one attached hydrogen (secondary N) is 1. The average molecular weight is 296 g/mol. The number of nitrogen functional groups attached to an aromatic ring is 1. The summed E-state index contributed by atoms with van der Waals surface area (Å²) in [6.45, 7) is 5.47. The summed E-state index contributed by atoms with van der Waals surface area (Å²) >= 11 is 0. The number of alkyl carbamates (subject to hydrolysis) is 1. The van der Waals surface area contributed by atoms with Gasteiger partial charge in [-0.15, -0.1) is 0 Å². The molecule has 0 aliphatic heterocycles. The first-order valence-electron chi connectivity index (χ1n) is 6.39. The first kappa shape index (κ1) is 16.8. The van der Waals surface area contributed by atoms with Crippen molar-refractivity contribution in [3.8, 4) is 11.8 Å². The molecule has 3 N–H and O–H groups in total. The van der Waals surface area contributed by atoms with Crippen molar-refractivity contribution in [3.05, 3.63) is 29.3 Å². The Morgan fingerprint density at radius 2 is 1.90 bits per heavy atom. The number of ether oxygens (including phenoxy) is 1. The van der Waals surface area contributed by atoms with Gasteiger partial charge in [-0.05, 0) is 32.9 Å². The molecule has 0 aliphatic rings. The molecule has 0 saturated heterocycles. The van der Waals surface area contributed by atoms with Crippen molar-refractivity contribution in [1.29, 1.82) is 0 Å². The summed E-state index contributed by atoms with van der Waals surface area (Å²) in [4.78, 5) is 11.3. The molecule has 0 unspecified atom stereocenters. The second-order valence-electron chi connectivity index (χ2n) is 5.34. The van der Waals surface area contributed by atoms with Gasteiger partial charge in [-0.2, -0.15) is 0 Å². The molecule has 6 heteroatoms. The molecule has 0 aromatic heterocycles. The number of benzene rings is 1. The van der Waals surface area contributed by atoms with Gasteiger partial charge in [0.05, 0.1) is 5.56 Å². The summed E-state index contributed by atoms with van der Waals surface area (Å²) in [7, 11) is 0. The van der Waals surface area contributed by atoms with Crippen LogP contribution in [0.1, 0.15) is 32.8 Å². The molecule has 0 bridgehead atoms. The van der Waals surface area contributed by atoms with E-state index in [0.29, 0.717) is 0 Å². The molecule has 0 spiro atoms.